The molecule has 0 spiro atoms. The average molecular weight is 284 g/mol. The molecule has 1 aromatic heterocycles. The van der Waals surface area contributed by atoms with Crippen LogP contribution in [-0.2, 0) is 6.42 Å². The van der Waals surface area contributed by atoms with Gasteiger partial charge in [0, 0.05) is 18.0 Å². The summed E-state index contributed by atoms with van der Waals surface area (Å²) in [4.78, 5) is 4.64. The van der Waals surface area contributed by atoms with Crippen LogP contribution in [0, 0.1) is 17.1 Å². The Labute approximate surface area is 123 Å². The lowest BCUT2D eigenvalue weighted by Gasteiger charge is -2.07. The Morgan fingerprint density at radius 1 is 1.48 bits per heavy atom. The summed E-state index contributed by atoms with van der Waals surface area (Å²) in [6.45, 7) is 2.10. The predicted octanol–water partition coefficient (Wildman–Crippen LogP) is 3.43. The van der Waals surface area contributed by atoms with Crippen LogP contribution in [0.4, 0.5) is 10.2 Å². The van der Waals surface area contributed by atoms with Crippen molar-refractivity contribution in [2.45, 2.75) is 38.6 Å². The Hall–Kier alpha value is -2.35. The predicted molar refractivity (Wildman–Crippen MR) is 79.0 cm³/mol. The van der Waals surface area contributed by atoms with Crippen LogP contribution < -0.4 is 5.73 Å². The minimum absolute atomic E-state index is 0.0184. The second-order valence-electron chi connectivity index (χ2n) is 5.42. The van der Waals surface area contributed by atoms with Crippen molar-refractivity contribution in [3.05, 3.63) is 35.4 Å². The number of benzene rings is 1. The molecule has 0 aliphatic heterocycles. The standard InChI is InChI=1S/C16H17FN4/c1-2-3-14-20-15(16(19)21(14)12-5-6-12)10-4-7-13(17)11(8-10)9-18/h4,7-8,12H,2-3,5-6,19H2,1H3. The maximum Gasteiger partial charge on any atom is 0.140 e. The highest BCUT2D eigenvalue weighted by atomic mass is 19.1. The number of hydrogen-bond donors (Lipinski definition) is 1. The van der Waals surface area contributed by atoms with E-state index in [-0.39, 0.29) is 5.56 Å². The molecule has 21 heavy (non-hydrogen) atoms. The van der Waals surface area contributed by atoms with Crippen LogP contribution >= 0.6 is 0 Å². The maximum absolute atomic E-state index is 13.5. The molecule has 1 saturated carbocycles. The summed E-state index contributed by atoms with van der Waals surface area (Å²) in [6.07, 6.45) is 4.12. The number of anilines is 1. The summed E-state index contributed by atoms with van der Waals surface area (Å²) in [5.41, 5.74) is 7.63. The second-order valence-corrected chi connectivity index (χ2v) is 5.42. The number of nitrogens with zero attached hydrogens (tertiary/aromatic N) is 3. The molecule has 0 bridgehead atoms. The number of rotatable bonds is 4. The molecule has 3 rings (SSSR count). The topological polar surface area (TPSA) is 67.6 Å². The summed E-state index contributed by atoms with van der Waals surface area (Å²) in [5, 5.41) is 8.95. The molecular formula is C16H17FN4. The highest BCUT2D eigenvalue weighted by Crippen LogP contribution is 2.41. The van der Waals surface area contributed by atoms with E-state index in [4.69, 9.17) is 11.0 Å². The molecular weight excluding hydrogens is 267 g/mol. The monoisotopic (exact) mass is 284 g/mol. The van der Waals surface area contributed by atoms with Crippen LogP contribution in [0.5, 0.6) is 0 Å². The number of imidazole rings is 1. The fourth-order valence-electron chi connectivity index (χ4n) is 2.60. The number of aromatic nitrogens is 2. The van der Waals surface area contributed by atoms with E-state index in [9.17, 15) is 4.39 Å². The molecule has 0 radical (unpaired) electrons. The molecule has 2 aromatic rings. The van der Waals surface area contributed by atoms with E-state index in [1.54, 1.807) is 6.07 Å². The van der Waals surface area contributed by atoms with Crippen molar-refractivity contribution < 1.29 is 4.39 Å². The Morgan fingerprint density at radius 2 is 2.24 bits per heavy atom. The van der Waals surface area contributed by atoms with Gasteiger partial charge >= 0.3 is 0 Å². The van der Waals surface area contributed by atoms with E-state index in [2.05, 4.69) is 16.5 Å². The van der Waals surface area contributed by atoms with Crippen LogP contribution in [0.25, 0.3) is 11.3 Å². The van der Waals surface area contributed by atoms with Crippen molar-refractivity contribution in [3.63, 3.8) is 0 Å². The molecule has 0 saturated heterocycles. The first-order valence-corrected chi connectivity index (χ1v) is 7.22. The molecule has 1 aliphatic carbocycles. The number of nitriles is 1. The lowest BCUT2D eigenvalue weighted by molar-refractivity contribution is 0.624. The van der Waals surface area contributed by atoms with Gasteiger partial charge in [0.25, 0.3) is 0 Å². The van der Waals surface area contributed by atoms with Crippen molar-refractivity contribution in [2.75, 3.05) is 5.73 Å². The average Bonchev–Trinajstić information content (AvgIpc) is 3.25. The summed E-state index contributed by atoms with van der Waals surface area (Å²) in [7, 11) is 0. The van der Waals surface area contributed by atoms with Gasteiger partial charge < -0.3 is 10.3 Å². The fourth-order valence-corrected chi connectivity index (χ4v) is 2.60. The van der Waals surface area contributed by atoms with Crippen molar-refractivity contribution in [1.29, 1.82) is 5.26 Å². The number of halogens is 1. The van der Waals surface area contributed by atoms with Gasteiger partial charge in [0.05, 0.1) is 5.56 Å². The first-order chi connectivity index (χ1) is 10.2. The molecule has 2 N–H and O–H groups in total. The molecule has 1 heterocycles. The van der Waals surface area contributed by atoms with Gasteiger partial charge in [0.2, 0.25) is 0 Å². The minimum atomic E-state index is -0.518. The third-order valence-electron chi connectivity index (χ3n) is 3.77. The van der Waals surface area contributed by atoms with Crippen LogP contribution in [0.3, 0.4) is 0 Å². The minimum Gasteiger partial charge on any atom is -0.383 e. The smallest absolute Gasteiger partial charge is 0.140 e. The van der Waals surface area contributed by atoms with Crippen LogP contribution in [-0.4, -0.2) is 9.55 Å². The van der Waals surface area contributed by atoms with Crippen molar-refractivity contribution in [3.8, 4) is 17.3 Å². The fraction of sp³-hybridized carbons (Fsp3) is 0.375. The van der Waals surface area contributed by atoms with E-state index in [0.29, 0.717) is 23.1 Å². The Kier molecular flexibility index (Phi) is 3.38. The van der Waals surface area contributed by atoms with E-state index < -0.39 is 5.82 Å². The molecule has 0 atom stereocenters. The largest absolute Gasteiger partial charge is 0.383 e. The first kappa shape index (κ1) is 13.6. The van der Waals surface area contributed by atoms with Gasteiger partial charge in [-0.05, 0) is 37.5 Å². The lowest BCUT2D eigenvalue weighted by atomic mass is 10.1. The zero-order valence-corrected chi connectivity index (χ0v) is 11.9. The first-order valence-electron chi connectivity index (χ1n) is 7.22. The highest BCUT2D eigenvalue weighted by Gasteiger charge is 2.29. The second kappa shape index (κ2) is 5.21. The van der Waals surface area contributed by atoms with E-state index >= 15 is 0 Å². The van der Waals surface area contributed by atoms with Crippen molar-refractivity contribution in [1.82, 2.24) is 9.55 Å². The zero-order chi connectivity index (χ0) is 15.0. The van der Waals surface area contributed by atoms with Gasteiger partial charge in [-0.1, -0.05) is 6.92 Å². The summed E-state index contributed by atoms with van der Waals surface area (Å²) in [6, 6.07) is 6.74. The van der Waals surface area contributed by atoms with E-state index in [1.807, 2.05) is 6.07 Å². The number of aryl methyl sites for hydroxylation is 1. The third-order valence-corrected chi connectivity index (χ3v) is 3.77. The van der Waals surface area contributed by atoms with Gasteiger partial charge in [0.1, 0.15) is 29.2 Å². The third kappa shape index (κ3) is 2.38. The molecule has 0 unspecified atom stereocenters. The highest BCUT2D eigenvalue weighted by molar-refractivity contribution is 5.72. The van der Waals surface area contributed by atoms with Gasteiger partial charge in [0.15, 0.2) is 0 Å². The molecule has 4 nitrogen and oxygen atoms in total. The number of nitrogens with two attached hydrogens (primary N) is 1. The van der Waals surface area contributed by atoms with Crippen LogP contribution in [0.2, 0.25) is 0 Å². The van der Waals surface area contributed by atoms with Crippen LogP contribution in [0.15, 0.2) is 18.2 Å². The summed E-state index contributed by atoms with van der Waals surface area (Å²) >= 11 is 0. The molecule has 1 aromatic carbocycles. The summed E-state index contributed by atoms with van der Waals surface area (Å²) in [5.74, 6) is 1.09. The number of nitrogen functional groups attached to an aromatic ring is 1. The zero-order valence-electron chi connectivity index (χ0n) is 11.9. The Bertz CT molecular complexity index is 723. The van der Waals surface area contributed by atoms with E-state index in [0.717, 1.165) is 31.5 Å². The number of hydrogen-bond acceptors (Lipinski definition) is 3. The van der Waals surface area contributed by atoms with Crippen molar-refractivity contribution >= 4 is 5.82 Å². The Balaban J connectivity index is 2.10. The van der Waals surface area contributed by atoms with Gasteiger partial charge in [-0.25, -0.2) is 9.37 Å². The summed E-state index contributed by atoms with van der Waals surface area (Å²) < 4.78 is 15.6. The lowest BCUT2D eigenvalue weighted by Crippen LogP contribution is -2.05. The van der Waals surface area contributed by atoms with Gasteiger partial charge in [-0.2, -0.15) is 5.26 Å². The molecule has 5 heteroatoms. The van der Waals surface area contributed by atoms with Crippen molar-refractivity contribution in [2.24, 2.45) is 0 Å². The normalized spacial score (nSPS) is 14.1. The van der Waals surface area contributed by atoms with Gasteiger partial charge in [-0.15, -0.1) is 0 Å². The van der Waals surface area contributed by atoms with Gasteiger partial charge in [-0.3, -0.25) is 0 Å². The molecule has 1 aliphatic rings. The molecule has 1 fully saturated rings. The van der Waals surface area contributed by atoms with Crippen LogP contribution in [0.1, 0.15) is 43.6 Å². The van der Waals surface area contributed by atoms with E-state index in [1.165, 1.54) is 12.1 Å². The molecule has 0 amide bonds. The Morgan fingerprint density at radius 3 is 2.86 bits per heavy atom. The quantitative estimate of drug-likeness (QED) is 0.935. The molecule has 108 valence electrons. The maximum atomic E-state index is 13.5. The SMILES string of the molecule is CCCc1nc(-c2ccc(F)c(C#N)c2)c(N)n1C1CC1.